The van der Waals surface area contributed by atoms with Crippen molar-refractivity contribution < 1.29 is 9.53 Å². The Balaban J connectivity index is 1.90. The molecule has 2 aromatic rings. The van der Waals surface area contributed by atoms with Crippen molar-refractivity contribution in [2.45, 2.75) is 59.5 Å². The largest absolute Gasteiger partial charge is 0.494 e. The lowest BCUT2D eigenvalue weighted by atomic mass is 10.1. The summed E-state index contributed by atoms with van der Waals surface area (Å²) in [6.07, 6.45) is 1.49. The summed E-state index contributed by atoms with van der Waals surface area (Å²) in [6.45, 7) is 9.10. The van der Waals surface area contributed by atoms with Crippen molar-refractivity contribution in [1.29, 1.82) is 5.26 Å². The molecule has 0 aliphatic heterocycles. The van der Waals surface area contributed by atoms with Crippen LogP contribution in [0, 0.1) is 25.2 Å². The third-order valence-corrected chi connectivity index (χ3v) is 4.64. The number of hydrogen-bond acceptors (Lipinski definition) is 4. The molecule has 1 heterocycles. The number of benzene rings is 1. The Morgan fingerprint density at radius 3 is 2.67 bits per heavy atom. The number of amides is 1. The SMILES string of the molecule is CCOc1ccc(C(C)NC(=O)CCc2c(C)nn(CCC#N)c2C)cc1. The topological polar surface area (TPSA) is 79.9 Å². The summed E-state index contributed by atoms with van der Waals surface area (Å²) in [6, 6.07) is 9.87. The van der Waals surface area contributed by atoms with Gasteiger partial charge in [0.05, 0.1) is 37.4 Å². The van der Waals surface area contributed by atoms with E-state index in [0.29, 0.717) is 32.4 Å². The van der Waals surface area contributed by atoms with Crippen LogP contribution in [0.5, 0.6) is 5.75 Å². The molecule has 0 aliphatic carbocycles. The normalized spacial score (nSPS) is 11.7. The zero-order valence-corrected chi connectivity index (χ0v) is 16.6. The van der Waals surface area contributed by atoms with Gasteiger partial charge in [-0.1, -0.05) is 12.1 Å². The summed E-state index contributed by atoms with van der Waals surface area (Å²) in [4.78, 5) is 12.4. The molecule has 0 spiro atoms. The van der Waals surface area contributed by atoms with Gasteiger partial charge in [-0.25, -0.2) is 0 Å². The first-order valence-electron chi connectivity index (χ1n) is 9.38. The van der Waals surface area contributed by atoms with Crippen molar-refractivity contribution in [3.05, 3.63) is 46.8 Å². The van der Waals surface area contributed by atoms with Gasteiger partial charge in [0, 0.05) is 12.1 Å². The molecule has 2 rings (SSSR count). The minimum Gasteiger partial charge on any atom is -0.494 e. The number of rotatable bonds is 9. The second kappa shape index (κ2) is 9.77. The van der Waals surface area contributed by atoms with Gasteiger partial charge in [0.1, 0.15) is 5.75 Å². The van der Waals surface area contributed by atoms with Crippen molar-refractivity contribution in [3.63, 3.8) is 0 Å². The van der Waals surface area contributed by atoms with Crippen molar-refractivity contribution in [3.8, 4) is 11.8 Å². The fourth-order valence-electron chi connectivity index (χ4n) is 3.12. The Morgan fingerprint density at radius 2 is 2.04 bits per heavy atom. The van der Waals surface area contributed by atoms with Gasteiger partial charge in [-0.15, -0.1) is 0 Å². The minimum atomic E-state index is -0.0614. The summed E-state index contributed by atoms with van der Waals surface area (Å²) in [7, 11) is 0. The van der Waals surface area contributed by atoms with Crippen LogP contribution < -0.4 is 10.1 Å². The van der Waals surface area contributed by atoms with E-state index in [1.54, 1.807) is 0 Å². The van der Waals surface area contributed by atoms with Crippen LogP contribution in [-0.2, 0) is 17.8 Å². The average Bonchev–Trinajstić information content (AvgIpc) is 2.92. The highest BCUT2D eigenvalue weighted by molar-refractivity contribution is 5.76. The average molecular weight is 368 g/mol. The molecule has 0 aliphatic rings. The number of carbonyl (C=O) groups is 1. The van der Waals surface area contributed by atoms with Gasteiger partial charge in [-0.3, -0.25) is 9.48 Å². The number of carbonyl (C=O) groups excluding carboxylic acids is 1. The van der Waals surface area contributed by atoms with E-state index in [2.05, 4.69) is 16.5 Å². The number of aromatic nitrogens is 2. The number of nitrogens with zero attached hydrogens (tertiary/aromatic N) is 3. The van der Waals surface area contributed by atoms with Crippen molar-refractivity contribution in [2.24, 2.45) is 0 Å². The maximum atomic E-state index is 12.4. The molecule has 144 valence electrons. The van der Waals surface area contributed by atoms with Gasteiger partial charge in [0.25, 0.3) is 0 Å². The molecule has 0 radical (unpaired) electrons. The molecule has 1 atom stereocenters. The predicted octanol–water partition coefficient (Wildman–Crippen LogP) is 3.62. The van der Waals surface area contributed by atoms with Gasteiger partial charge >= 0.3 is 0 Å². The number of aryl methyl sites for hydroxylation is 2. The number of ether oxygens (including phenoxy) is 1. The first-order chi connectivity index (χ1) is 13.0. The van der Waals surface area contributed by atoms with E-state index < -0.39 is 0 Å². The molecule has 1 aromatic heterocycles. The van der Waals surface area contributed by atoms with Crippen LogP contribution in [0.2, 0.25) is 0 Å². The first kappa shape index (κ1) is 20.5. The third kappa shape index (κ3) is 5.58. The van der Waals surface area contributed by atoms with E-state index in [0.717, 1.165) is 28.3 Å². The van der Waals surface area contributed by atoms with Gasteiger partial charge in [-0.2, -0.15) is 10.4 Å². The second-order valence-corrected chi connectivity index (χ2v) is 6.57. The van der Waals surface area contributed by atoms with Crippen LogP contribution in [-0.4, -0.2) is 22.3 Å². The Morgan fingerprint density at radius 1 is 1.33 bits per heavy atom. The van der Waals surface area contributed by atoms with Crippen LogP contribution >= 0.6 is 0 Å². The molecular weight excluding hydrogens is 340 g/mol. The summed E-state index contributed by atoms with van der Waals surface area (Å²) in [5.41, 5.74) is 4.10. The molecule has 0 saturated carbocycles. The predicted molar refractivity (Wildman–Crippen MR) is 104 cm³/mol. The molecule has 1 amide bonds. The highest BCUT2D eigenvalue weighted by atomic mass is 16.5. The van der Waals surface area contributed by atoms with Gasteiger partial charge < -0.3 is 10.1 Å². The molecule has 1 aromatic carbocycles. The molecule has 0 bridgehead atoms. The molecule has 6 heteroatoms. The third-order valence-electron chi connectivity index (χ3n) is 4.64. The van der Waals surface area contributed by atoms with Crippen LogP contribution in [0.15, 0.2) is 24.3 Å². The fourth-order valence-corrected chi connectivity index (χ4v) is 3.12. The van der Waals surface area contributed by atoms with E-state index in [9.17, 15) is 4.79 Å². The molecular formula is C21H28N4O2. The van der Waals surface area contributed by atoms with Crippen LogP contribution in [0.1, 0.15) is 55.2 Å². The smallest absolute Gasteiger partial charge is 0.220 e. The maximum absolute atomic E-state index is 12.4. The van der Waals surface area contributed by atoms with E-state index in [1.807, 2.05) is 56.6 Å². The van der Waals surface area contributed by atoms with Gasteiger partial charge in [-0.05, 0) is 57.4 Å². The van der Waals surface area contributed by atoms with Crippen LogP contribution in [0.4, 0.5) is 0 Å². The highest BCUT2D eigenvalue weighted by Crippen LogP contribution is 2.19. The zero-order chi connectivity index (χ0) is 19.8. The molecule has 27 heavy (non-hydrogen) atoms. The van der Waals surface area contributed by atoms with Crippen LogP contribution in [0.3, 0.4) is 0 Å². The van der Waals surface area contributed by atoms with Crippen molar-refractivity contribution in [1.82, 2.24) is 15.1 Å². The lowest BCUT2D eigenvalue weighted by molar-refractivity contribution is -0.121. The lowest BCUT2D eigenvalue weighted by Gasteiger charge is -2.15. The standard InChI is InChI=1S/C21H28N4O2/c1-5-27-19-9-7-18(8-10-19)15(2)23-21(26)12-11-20-16(3)24-25(17(20)4)14-6-13-22/h7-10,15H,5-6,11-12,14H2,1-4H3,(H,23,26). The van der Waals surface area contributed by atoms with Crippen LogP contribution in [0.25, 0.3) is 0 Å². The number of nitrogens with one attached hydrogen (secondary N) is 1. The Bertz CT molecular complexity index is 803. The number of nitriles is 1. The van der Waals surface area contributed by atoms with Gasteiger partial charge in [0.2, 0.25) is 5.91 Å². The summed E-state index contributed by atoms with van der Waals surface area (Å²) < 4.78 is 7.30. The highest BCUT2D eigenvalue weighted by Gasteiger charge is 2.14. The summed E-state index contributed by atoms with van der Waals surface area (Å²) >= 11 is 0. The monoisotopic (exact) mass is 368 g/mol. The second-order valence-electron chi connectivity index (χ2n) is 6.57. The molecule has 1 N–H and O–H groups in total. The fraction of sp³-hybridized carbons (Fsp3) is 0.476. The molecule has 0 saturated heterocycles. The molecule has 0 fully saturated rings. The summed E-state index contributed by atoms with van der Waals surface area (Å²) in [5, 5.41) is 16.3. The molecule has 1 unspecified atom stereocenters. The number of hydrogen-bond donors (Lipinski definition) is 1. The molecule has 6 nitrogen and oxygen atoms in total. The van der Waals surface area contributed by atoms with Crippen molar-refractivity contribution >= 4 is 5.91 Å². The Labute approximate surface area is 161 Å². The minimum absolute atomic E-state index is 0.0139. The quantitative estimate of drug-likeness (QED) is 0.733. The van der Waals surface area contributed by atoms with Gasteiger partial charge in [0.15, 0.2) is 0 Å². The Hall–Kier alpha value is -2.81. The zero-order valence-electron chi connectivity index (χ0n) is 16.6. The summed E-state index contributed by atoms with van der Waals surface area (Å²) in [5.74, 6) is 0.846. The van der Waals surface area contributed by atoms with E-state index in [1.165, 1.54) is 0 Å². The Kier molecular flexibility index (Phi) is 7.42. The first-order valence-corrected chi connectivity index (χ1v) is 9.38. The lowest BCUT2D eigenvalue weighted by Crippen LogP contribution is -2.26. The van der Waals surface area contributed by atoms with E-state index >= 15 is 0 Å². The maximum Gasteiger partial charge on any atom is 0.220 e. The van der Waals surface area contributed by atoms with E-state index in [4.69, 9.17) is 10.00 Å². The van der Waals surface area contributed by atoms with Crippen molar-refractivity contribution in [2.75, 3.05) is 6.61 Å². The van der Waals surface area contributed by atoms with E-state index in [-0.39, 0.29) is 11.9 Å².